The number of nitrogens with one attached hydrogen (secondary N) is 1. The number of benzene rings is 1. The molecule has 1 aromatic carbocycles. The molecule has 0 bridgehead atoms. The van der Waals surface area contributed by atoms with Gasteiger partial charge in [-0.05, 0) is 37.9 Å². The van der Waals surface area contributed by atoms with Crippen LogP contribution in [-0.2, 0) is 6.42 Å². The SMILES string of the molecule is COc1ccccc1-c1cnoc1CC1CCCNC1. The Bertz CT molecular complexity index is 559. The summed E-state index contributed by atoms with van der Waals surface area (Å²) in [5.41, 5.74) is 2.10. The second-order valence-corrected chi connectivity index (χ2v) is 5.28. The first-order valence-electron chi connectivity index (χ1n) is 7.16. The molecule has 0 amide bonds. The summed E-state index contributed by atoms with van der Waals surface area (Å²) in [7, 11) is 1.69. The van der Waals surface area contributed by atoms with Crippen molar-refractivity contribution in [2.24, 2.45) is 5.92 Å². The Morgan fingerprint density at radius 2 is 2.25 bits per heavy atom. The van der Waals surface area contributed by atoms with Crippen LogP contribution >= 0.6 is 0 Å². The third kappa shape index (κ3) is 2.70. The zero-order valence-corrected chi connectivity index (χ0v) is 11.8. The van der Waals surface area contributed by atoms with E-state index in [-0.39, 0.29) is 0 Å². The second-order valence-electron chi connectivity index (χ2n) is 5.28. The quantitative estimate of drug-likeness (QED) is 0.929. The van der Waals surface area contributed by atoms with Crippen molar-refractivity contribution in [3.8, 4) is 16.9 Å². The number of piperidine rings is 1. The van der Waals surface area contributed by atoms with Crippen LogP contribution in [0, 0.1) is 5.92 Å². The van der Waals surface area contributed by atoms with Gasteiger partial charge in [-0.25, -0.2) is 0 Å². The first-order valence-corrected chi connectivity index (χ1v) is 7.16. The van der Waals surface area contributed by atoms with Gasteiger partial charge in [0.25, 0.3) is 0 Å². The van der Waals surface area contributed by atoms with E-state index in [2.05, 4.69) is 10.5 Å². The van der Waals surface area contributed by atoms with Gasteiger partial charge in [0.15, 0.2) is 0 Å². The Morgan fingerprint density at radius 1 is 1.35 bits per heavy atom. The second kappa shape index (κ2) is 6.09. The zero-order chi connectivity index (χ0) is 13.8. The summed E-state index contributed by atoms with van der Waals surface area (Å²) in [4.78, 5) is 0. The van der Waals surface area contributed by atoms with E-state index < -0.39 is 0 Å². The van der Waals surface area contributed by atoms with Gasteiger partial charge in [0.05, 0.1) is 13.3 Å². The molecule has 2 aromatic rings. The number of hydrogen-bond acceptors (Lipinski definition) is 4. The maximum absolute atomic E-state index is 5.49. The van der Waals surface area contributed by atoms with Crippen molar-refractivity contribution in [1.82, 2.24) is 10.5 Å². The molecule has 1 N–H and O–H groups in total. The fourth-order valence-corrected chi connectivity index (χ4v) is 2.86. The monoisotopic (exact) mass is 272 g/mol. The molecule has 1 atom stereocenters. The van der Waals surface area contributed by atoms with Crippen molar-refractivity contribution in [1.29, 1.82) is 0 Å². The molecule has 0 saturated carbocycles. The third-order valence-corrected chi connectivity index (χ3v) is 3.92. The average molecular weight is 272 g/mol. The lowest BCUT2D eigenvalue weighted by molar-refractivity contribution is 0.321. The number of hydrogen-bond donors (Lipinski definition) is 1. The molecule has 0 aliphatic carbocycles. The Kier molecular flexibility index (Phi) is 4.02. The number of rotatable bonds is 4. The van der Waals surface area contributed by atoms with Gasteiger partial charge in [0, 0.05) is 17.5 Å². The summed E-state index contributed by atoms with van der Waals surface area (Å²) in [6, 6.07) is 8.00. The van der Waals surface area contributed by atoms with Crippen LogP contribution < -0.4 is 10.1 Å². The molecule has 4 heteroatoms. The van der Waals surface area contributed by atoms with Crippen LogP contribution in [-0.4, -0.2) is 25.4 Å². The van der Waals surface area contributed by atoms with Gasteiger partial charge in [-0.3, -0.25) is 0 Å². The summed E-state index contributed by atoms with van der Waals surface area (Å²) in [5, 5.41) is 7.43. The first kappa shape index (κ1) is 13.2. The predicted octanol–water partition coefficient (Wildman–Crippen LogP) is 2.89. The third-order valence-electron chi connectivity index (χ3n) is 3.92. The topological polar surface area (TPSA) is 47.3 Å². The van der Waals surface area contributed by atoms with Crippen LogP contribution in [0.3, 0.4) is 0 Å². The normalized spacial score (nSPS) is 18.9. The maximum Gasteiger partial charge on any atom is 0.144 e. The van der Waals surface area contributed by atoms with Gasteiger partial charge in [0.2, 0.25) is 0 Å². The molecule has 0 radical (unpaired) electrons. The molecular weight excluding hydrogens is 252 g/mol. The number of nitrogens with zero attached hydrogens (tertiary/aromatic N) is 1. The number of aromatic nitrogens is 1. The molecule has 1 unspecified atom stereocenters. The molecule has 106 valence electrons. The molecule has 0 spiro atoms. The molecule has 20 heavy (non-hydrogen) atoms. The molecular formula is C16H20N2O2. The fourth-order valence-electron chi connectivity index (χ4n) is 2.86. The van der Waals surface area contributed by atoms with E-state index in [0.29, 0.717) is 5.92 Å². The molecule has 1 aliphatic heterocycles. The summed E-state index contributed by atoms with van der Waals surface area (Å²) in [6.07, 6.45) is 5.21. The van der Waals surface area contributed by atoms with E-state index in [1.54, 1.807) is 13.3 Å². The van der Waals surface area contributed by atoms with Gasteiger partial charge >= 0.3 is 0 Å². The van der Waals surface area contributed by atoms with Crippen molar-refractivity contribution < 1.29 is 9.26 Å². The minimum absolute atomic E-state index is 0.630. The Labute approximate surface area is 119 Å². The number of methoxy groups -OCH3 is 1. The Hall–Kier alpha value is -1.81. The lowest BCUT2D eigenvalue weighted by Crippen LogP contribution is -2.30. The van der Waals surface area contributed by atoms with E-state index in [0.717, 1.165) is 42.1 Å². The van der Waals surface area contributed by atoms with E-state index in [9.17, 15) is 0 Å². The largest absolute Gasteiger partial charge is 0.496 e. The Balaban J connectivity index is 1.85. The van der Waals surface area contributed by atoms with Crippen molar-refractivity contribution in [3.63, 3.8) is 0 Å². The van der Waals surface area contributed by atoms with E-state index >= 15 is 0 Å². The summed E-state index contributed by atoms with van der Waals surface area (Å²) in [6.45, 7) is 2.19. The minimum Gasteiger partial charge on any atom is -0.496 e. The summed E-state index contributed by atoms with van der Waals surface area (Å²) < 4.78 is 10.9. The van der Waals surface area contributed by atoms with Gasteiger partial charge in [0.1, 0.15) is 11.5 Å². The molecule has 4 nitrogen and oxygen atoms in total. The van der Waals surface area contributed by atoms with Crippen molar-refractivity contribution in [2.45, 2.75) is 19.3 Å². The first-order chi connectivity index (χ1) is 9.88. The van der Waals surface area contributed by atoms with E-state index in [4.69, 9.17) is 9.26 Å². The molecule has 1 saturated heterocycles. The molecule has 3 rings (SSSR count). The van der Waals surface area contributed by atoms with Crippen LogP contribution in [0.1, 0.15) is 18.6 Å². The van der Waals surface area contributed by atoms with Crippen molar-refractivity contribution in [3.05, 3.63) is 36.2 Å². The average Bonchev–Trinajstić information content (AvgIpc) is 2.96. The number of ether oxygens (including phenoxy) is 1. The highest BCUT2D eigenvalue weighted by Gasteiger charge is 2.20. The van der Waals surface area contributed by atoms with Gasteiger partial charge in [-0.1, -0.05) is 23.4 Å². The van der Waals surface area contributed by atoms with Crippen molar-refractivity contribution >= 4 is 0 Å². The maximum atomic E-state index is 5.49. The standard InChI is InChI=1S/C16H20N2O2/c1-19-15-7-3-2-6-13(15)14-11-18-20-16(14)9-12-5-4-8-17-10-12/h2-3,6-7,11-12,17H,4-5,8-10H2,1H3. The highest BCUT2D eigenvalue weighted by Crippen LogP contribution is 2.33. The van der Waals surface area contributed by atoms with Gasteiger partial charge < -0.3 is 14.6 Å². The lowest BCUT2D eigenvalue weighted by atomic mass is 9.92. The van der Waals surface area contributed by atoms with Crippen LogP contribution in [0.15, 0.2) is 35.0 Å². The van der Waals surface area contributed by atoms with E-state index in [1.165, 1.54) is 12.8 Å². The van der Waals surface area contributed by atoms with Crippen LogP contribution in [0.25, 0.3) is 11.1 Å². The predicted molar refractivity (Wildman–Crippen MR) is 77.8 cm³/mol. The summed E-state index contributed by atoms with van der Waals surface area (Å²) >= 11 is 0. The van der Waals surface area contributed by atoms with Gasteiger partial charge in [-0.15, -0.1) is 0 Å². The van der Waals surface area contributed by atoms with Crippen molar-refractivity contribution in [2.75, 3.05) is 20.2 Å². The van der Waals surface area contributed by atoms with E-state index in [1.807, 2.05) is 24.3 Å². The zero-order valence-electron chi connectivity index (χ0n) is 11.8. The fraction of sp³-hybridized carbons (Fsp3) is 0.438. The smallest absolute Gasteiger partial charge is 0.144 e. The lowest BCUT2D eigenvalue weighted by Gasteiger charge is -2.21. The van der Waals surface area contributed by atoms with Crippen LogP contribution in [0.2, 0.25) is 0 Å². The highest BCUT2D eigenvalue weighted by molar-refractivity contribution is 5.71. The number of para-hydroxylation sites is 1. The minimum atomic E-state index is 0.630. The molecule has 2 heterocycles. The van der Waals surface area contributed by atoms with Crippen LogP contribution in [0.4, 0.5) is 0 Å². The van der Waals surface area contributed by atoms with Crippen LogP contribution in [0.5, 0.6) is 5.75 Å². The molecule has 1 aromatic heterocycles. The summed E-state index contributed by atoms with van der Waals surface area (Å²) in [5.74, 6) is 2.45. The highest BCUT2D eigenvalue weighted by atomic mass is 16.5. The molecule has 1 aliphatic rings. The molecule has 1 fully saturated rings. The Morgan fingerprint density at radius 3 is 3.05 bits per heavy atom. The van der Waals surface area contributed by atoms with Gasteiger partial charge in [-0.2, -0.15) is 0 Å².